The lowest BCUT2D eigenvalue weighted by Gasteiger charge is -2.39. The summed E-state index contributed by atoms with van der Waals surface area (Å²) in [7, 11) is 0. The Morgan fingerprint density at radius 1 is 1.15 bits per heavy atom. The maximum atomic E-state index is 10.3. The van der Waals surface area contributed by atoms with E-state index in [1.807, 2.05) is 18.2 Å². The van der Waals surface area contributed by atoms with Crippen LogP contribution in [0, 0.1) is 0 Å². The van der Waals surface area contributed by atoms with E-state index >= 15 is 0 Å². The smallest absolute Gasteiger partial charge is 0.0720 e. The third-order valence-electron chi connectivity index (χ3n) is 4.34. The predicted molar refractivity (Wildman–Crippen MR) is 81.6 cm³/mol. The molecule has 1 saturated carbocycles. The first kappa shape index (κ1) is 15.5. The van der Waals surface area contributed by atoms with E-state index in [1.54, 1.807) is 0 Å². The highest BCUT2D eigenvalue weighted by atomic mass is 16.5. The number of nitrogens with zero attached hydrogens (tertiary/aromatic N) is 1. The van der Waals surface area contributed by atoms with E-state index in [4.69, 9.17) is 4.74 Å². The molecule has 1 aliphatic rings. The maximum Gasteiger partial charge on any atom is 0.0720 e. The number of ether oxygens (including phenoxy) is 1. The molecule has 0 saturated heterocycles. The monoisotopic (exact) mass is 277 g/mol. The molecule has 2 rings (SSSR count). The second-order valence-corrected chi connectivity index (χ2v) is 5.59. The number of aliphatic hydroxyl groups is 1. The summed E-state index contributed by atoms with van der Waals surface area (Å²) in [5.41, 5.74) is 1.20. The van der Waals surface area contributed by atoms with Crippen LogP contribution >= 0.6 is 0 Å². The molecule has 0 radical (unpaired) electrons. The first-order chi connectivity index (χ1) is 9.74. The molecule has 0 spiro atoms. The Labute approximate surface area is 122 Å². The molecule has 0 aromatic heterocycles. The first-order valence-electron chi connectivity index (χ1n) is 7.82. The van der Waals surface area contributed by atoms with Crippen LogP contribution in [0.5, 0.6) is 0 Å². The van der Waals surface area contributed by atoms with E-state index in [-0.39, 0.29) is 12.2 Å². The van der Waals surface area contributed by atoms with E-state index in [9.17, 15) is 5.11 Å². The van der Waals surface area contributed by atoms with Gasteiger partial charge in [0.25, 0.3) is 0 Å². The minimum absolute atomic E-state index is 0.192. The average Bonchev–Trinajstić information content (AvgIpc) is 2.49. The summed E-state index contributed by atoms with van der Waals surface area (Å²) in [5, 5.41) is 10.3. The van der Waals surface area contributed by atoms with E-state index in [0.29, 0.717) is 12.6 Å². The van der Waals surface area contributed by atoms with Crippen molar-refractivity contribution in [2.45, 2.75) is 58.0 Å². The molecule has 0 unspecified atom stereocenters. The summed E-state index contributed by atoms with van der Waals surface area (Å²) < 4.78 is 5.96. The molecular formula is C17H27NO2. The number of rotatable bonds is 6. The lowest BCUT2D eigenvalue weighted by Crippen LogP contribution is -2.48. The summed E-state index contributed by atoms with van der Waals surface area (Å²) in [6.07, 6.45) is 2.77. The molecule has 1 aromatic carbocycles. The van der Waals surface area contributed by atoms with Crippen molar-refractivity contribution in [3.8, 4) is 0 Å². The minimum Gasteiger partial charge on any atom is -0.391 e. The van der Waals surface area contributed by atoms with Crippen LogP contribution in [-0.4, -0.2) is 41.3 Å². The van der Waals surface area contributed by atoms with Crippen molar-refractivity contribution < 1.29 is 9.84 Å². The number of aliphatic hydroxyl groups excluding tert-OH is 1. The van der Waals surface area contributed by atoms with Crippen molar-refractivity contribution in [1.29, 1.82) is 0 Å². The zero-order chi connectivity index (χ0) is 14.4. The van der Waals surface area contributed by atoms with E-state index in [1.165, 1.54) is 5.56 Å². The summed E-state index contributed by atoms with van der Waals surface area (Å²) in [6.45, 7) is 6.98. The van der Waals surface area contributed by atoms with E-state index < -0.39 is 0 Å². The fourth-order valence-corrected chi connectivity index (χ4v) is 3.15. The Hall–Kier alpha value is -0.900. The molecule has 0 aliphatic heterocycles. The van der Waals surface area contributed by atoms with Crippen LogP contribution in [0.15, 0.2) is 30.3 Å². The van der Waals surface area contributed by atoms with Gasteiger partial charge in [-0.3, -0.25) is 4.90 Å². The van der Waals surface area contributed by atoms with Crippen molar-refractivity contribution in [3.05, 3.63) is 35.9 Å². The summed E-state index contributed by atoms with van der Waals surface area (Å²) >= 11 is 0. The fourth-order valence-electron chi connectivity index (χ4n) is 3.15. The third kappa shape index (κ3) is 4.05. The molecule has 1 N–H and O–H groups in total. The van der Waals surface area contributed by atoms with Gasteiger partial charge < -0.3 is 9.84 Å². The summed E-state index contributed by atoms with van der Waals surface area (Å²) in [6, 6.07) is 10.6. The Morgan fingerprint density at radius 3 is 2.45 bits per heavy atom. The van der Waals surface area contributed by atoms with Gasteiger partial charge in [0.05, 0.1) is 18.8 Å². The number of hydrogen-bond donors (Lipinski definition) is 1. The van der Waals surface area contributed by atoms with Crippen LogP contribution in [0.2, 0.25) is 0 Å². The van der Waals surface area contributed by atoms with Gasteiger partial charge in [-0.2, -0.15) is 0 Å². The van der Waals surface area contributed by atoms with Gasteiger partial charge in [-0.1, -0.05) is 44.2 Å². The summed E-state index contributed by atoms with van der Waals surface area (Å²) in [5.74, 6) is 0. The number of likely N-dealkylation sites (N-methyl/N-ethyl adjacent to an activating group) is 1. The van der Waals surface area contributed by atoms with Crippen LogP contribution in [0.1, 0.15) is 38.7 Å². The van der Waals surface area contributed by atoms with Crippen LogP contribution in [-0.2, 0) is 11.3 Å². The van der Waals surface area contributed by atoms with Gasteiger partial charge in [0.15, 0.2) is 0 Å². The lowest BCUT2D eigenvalue weighted by molar-refractivity contribution is -0.0591. The van der Waals surface area contributed by atoms with Crippen molar-refractivity contribution >= 4 is 0 Å². The molecule has 0 bridgehead atoms. The van der Waals surface area contributed by atoms with Gasteiger partial charge >= 0.3 is 0 Å². The molecule has 3 atom stereocenters. The van der Waals surface area contributed by atoms with Crippen LogP contribution < -0.4 is 0 Å². The minimum atomic E-state index is -0.260. The zero-order valence-corrected chi connectivity index (χ0v) is 12.7. The highest BCUT2D eigenvalue weighted by Crippen LogP contribution is 2.26. The van der Waals surface area contributed by atoms with Crippen LogP contribution in [0.3, 0.4) is 0 Å². The van der Waals surface area contributed by atoms with Crippen LogP contribution in [0.25, 0.3) is 0 Å². The van der Waals surface area contributed by atoms with Gasteiger partial charge in [-0.15, -0.1) is 0 Å². The topological polar surface area (TPSA) is 32.7 Å². The van der Waals surface area contributed by atoms with Gasteiger partial charge in [0.2, 0.25) is 0 Å². The molecule has 1 aromatic rings. The normalized spacial score (nSPS) is 26.9. The van der Waals surface area contributed by atoms with Crippen molar-refractivity contribution in [1.82, 2.24) is 4.90 Å². The van der Waals surface area contributed by atoms with E-state index in [0.717, 1.165) is 32.4 Å². The molecule has 1 fully saturated rings. The molecule has 3 nitrogen and oxygen atoms in total. The van der Waals surface area contributed by atoms with Crippen molar-refractivity contribution in [2.75, 3.05) is 13.1 Å². The second kappa shape index (κ2) is 7.77. The molecule has 0 amide bonds. The Bertz CT molecular complexity index is 378. The quantitative estimate of drug-likeness (QED) is 0.868. The molecule has 20 heavy (non-hydrogen) atoms. The Balaban J connectivity index is 1.80. The second-order valence-electron chi connectivity index (χ2n) is 5.59. The Kier molecular flexibility index (Phi) is 6.02. The van der Waals surface area contributed by atoms with Gasteiger partial charge in [0, 0.05) is 12.5 Å². The number of benzene rings is 1. The predicted octanol–water partition coefficient (Wildman–Crippen LogP) is 2.83. The van der Waals surface area contributed by atoms with E-state index in [2.05, 4.69) is 30.9 Å². The first-order valence-corrected chi connectivity index (χ1v) is 7.82. The largest absolute Gasteiger partial charge is 0.391 e. The number of hydrogen-bond acceptors (Lipinski definition) is 3. The van der Waals surface area contributed by atoms with Crippen LogP contribution in [0.4, 0.5) is 0 Å². The third-order valence-corrected chi connectivity index (χ3v) is 4.34. The molecular weight excluding hydrogens is 250 g/mol. The Morgan fingerprint density at radius 2 is 1.85 bits per heavy atom. The average molecular weight is 277 g/mol. The SMILES string of the molecule is CCN(CC)[C@H]1CC[C@H](OCc2ccccc2)C[C@@H]1O. The van der Waals surface area contributed by atoms with Crippen molar-refractivity contribution in [3.63, 3.8) is 0 Å². The standard InChI is InChI=1S/C17H27NO2/c1-3-18(4-2)16-11-10-15(12-17(16)19)20-13-14-8-6-5-7-9-14/h5-9,15-17,19H,3-4,10-13H2,1-2H3/t15-,16-,17-/m0/s1. The molecule has 3 heteroatoms. The highest BCUT2D eigenvalue weighted by Gasteiger charge is 2.32. The highest BCUT2D eigenvalue weighted by molar-refractivity contribution is 5.13. The molecule has 112 valence electrons. The van der Waals surface area contributed by atoms with Gasteiger partial charge in [0.1, 0.15) is 0 Å². The van der Waals surface area contributed by atoms with Crippen molar-refractivity contribution in [2.24, 2.45) is 0 Å². The fraction of sp³-hybridized carbons (Fsp3) is 0.647. The molecule has 1 aliphatic carbocycles. The zero-order valence-electron chi connectivity index (χ0n) is 12.7. The lowest BCUT2D eigenvalue weighted by atomic mass is 9.89. The van der Waals surface area contributed by atoms with Gasteiger partial charge in [-0.25, -0.2) is 0 Å². The maximum absolute atomic E-state index is 10.3. The summed E-state index contributed by atoms with van der Waals surface area (Å²) in [4.78, 5) is 2.36. The molecule has 0 heterocycles. The van der Waals surface area contributed by atoms with Gasteiger partial charge in [-0.05, 0) is 31.5 Å².